The minimum absolute atomic E-state index is 0.0390. The Bertz CT molecular complexity index is 411. The van der Waals surface area contributed by atoms with Crippen molar-refractivity contribution in [1.82, 2.24) is 20.1 Å². The maximum absolute atomic E-state index is 11.5. The van der Waals surface area contributed by atoms with E-state index in [2.05, 4.69) is 15.4 Å². The second-order valence-corrected chi connectivity index (χ2v) is 5.44. The molecule has 0 aliphatic carbocycles. The van der Waals surface area contributed by atoms with Gasteiger partial charge in [-0.05, 0) is 20.8 Å². The molecule has 1 atom stereocenters. The topological polar surface area (TPSA) is 89.3 Å². The number of carbonyl (C=O) groups is 1. The first-order valence-electron chi connectivity index (χ1n) is 6.22. The molecule has 19 heavy (non-hydrogen) atoms. The minimum atomic E-state index is -0.525. The van der Waals surface area contributed by atoms with E-state index in [1.54, 1.807) is 32.5 Å². The van der Waals surface area contributed by atoms with Gasteiger partial charge < -0.3 is 15.2 Å². The van der Waals surface area contributed by atoms with E-state index in [0.29, 0.717) is 13.0 Å². The fourth-order valence-corrected chi connectivity index (χ4v) is 1.51. The van der Waals surface area contributed by atoms with Crippen LogP contribution in [-0.2, 0) is 18.2 Å². The van der Waals surface area contributed by atoms with E-state index in [9.17, 15) is 9.90 Å². The lowest BCUT2D eigenvalue weighted by molar-refractivity contribution is 0.0512. The average molecular weight is 270 g/mol. The van der Waals surface area contributed by atoms with Crippen LogP contribution in [0.2, 0.25) is 0 Å². The molecule has 0 aliphatic rings. The summed E-state index contributed by atoms with van der Waals surface area (Å²) in [5, 5.41) is 15.9. The molecule has 0 bridgehead atoms. The molecule has 0 fully saturated rings. The van der Waals surface area contributed by atoms with Crippen LogP contribution in [0.25, 0.3) is 0 Å². The van der Waals surface area contributed by atoms with Gasteiger partial charge in [-0.15, -0.1) is 0 Å². The summed E-state index contributed by atoms with van der Waals surface area (Å²) in [6.07, 6.45) is 1.53. The number of hydrogen-bond acceptors (Lipinski definition) is 5. The van der Waals surface area contributed by atoms with Crippen molar-refractivity contribution in [3.8, 4) is 0 Å². The van der Waals surface area contributed by atoms with Crippen LogP contribution in [0.1, 0.15) is 26.6 Å². The summed E-state index contributed by atoms with van der Waals surface area (Å²) in [5.74, 6) is 0.653. The highest BCUT2D eigenvalue weighted by molar-refractivity contribution is 5.67. The van der Waals surface area contributed by atoms with Crippen molar-refractivity contribution in [3.05, 3.63) is 12.2 Å². The van der Waals surface area contributed by atoms with E-state index in [0.717, 1.165) is 5.82 Å². The van der Waals surface area contributed by atoms with Crippen molar-refractivity contribution in [2.75, 3.05) is 13.2 Å². The van der Waals surface area contributed by atoms with E-state index in [1.807, 2.05) is 0 Å². The molecule has 1 aromatic rings. The highest BCUT2D eigenvalue weighted by Crippen LogP contribution is 2.08. The summed E-state index contributed by atoms with van der Waals surface area (Å²) < 4.78 is 6.78. The number of alkyl carbamates (subject to hydrolysis) is 1. The van der Waals surface area contributed by atoms with Crippen LogP contribution in [0.15, 0.2) is 6.33 Å². The third-order valence-corrected chi connectivity index (χ3v) is 2.47. The lowest BCUT2D eigenvalue weighted by atomic mass is 10.1. The SMILES string of the molecule is Cn1ncnc1CC(CO)CNC(=O)OC(C)(C)C. The van der Waals surface area contributed by atoms with Crippen LogP contribution in [0.3, 0.4) is 0 Å². The molecule has 108 valence electrons. The summed E-state index contributed by atoms with van der Waals surface area (Å²) in [5.41, 5.74) is -0.525. The van der Waals surface area contributed by atoms with E-state index in [-0.39, 0.29) is 12.5 Å². The zero-order valence-corrected chi connectivity index (χ0v) is 11.9. The number of aliphatic hydroxyl groups excluding tert-OH is 1. The van der Waals surface area contributed by atoms with Gasteiger partial charge in [-0.25, -0.2) is 9.78 Å². The Morgan fingerprint density at radius 3 is 2.74 bits per heavy atom. The lowest BCUT2D eigenvalue weighted by Gasteiger charge is -2.21. The monoisotopic (exact) mass is 270 g/mol. The van der Waals surface area contributed by atoms with Crippen molar-refractivity contribution in [3.63, 3.8) is 0 Å². The molecule has 1 unspecified atom stereocenters. The highest BCUT2D eigenvalue weighted by Gasteiger charge is 2.18. The maximum atomic E-state index is 11.5. The average Bonchev–Trinajstić information content (AvgIpc) is 2.67. The lowest BCUT2D eigenvalue weighted by Crippen LogP contribution is -2.36. The molecule has 0 aliphatic heterocycles. The number of carbonyl (C=O) groups excluding carboxylic acids is 1. The molecule has 2 N–H and O–H groups in total. The summed E-state index contributed by atoms with van der Waals surface area (Å²) in [7, 11) is 1.79. The number of amides is 1. The van der Waals surface area contributed by atoms with Crippen LogP contribution in [0, 0.1) is 5.92 Å². The van der Waals surface area contributed by atoms with Crippen molar-refractivity contribution >= 4 is 6.09 Å². The van der Waals surface area contributed by atoms with Gasteiger partial charge in [-0.2, -0.15) is 5.10 Å². The molecule has 0 saturated heterocycles. The molecule has 0 radical (unpaired) electrons. The van der Waals surface area contributed by atoms with Crippen LogP contribution in [-0.4, -0.2) is 44.7 Å². The Balaban J connectivity index is 2.41. The summed E-state index contributed by atoms with van der Waals surface area (Å²) >= 11 is 0. The maximum Gasteiger partial charge on any atom is 0.407 e. The molecule has 7 nitrogen and oxygen atoms in total. The van der Waals surface area contributed by atoms with Crippen LogP contribution in [0.5, 0.6) is 0 Å². The standard InChI is InChI=1S/C12H22N4O3/c1-12(2,3)19-11(18)13-6-9(7-17)5-10-14-8-15-16(10)4/h8-9,17H,5-7H2,1-4H3,(H,13,18). The fraction of sp³-hybridized carbons (Fsp3) is 0.750. The van der Waals surface area contributed by atoms with Gasteiger partial charge in [0.05, 0.1) is 0 Å². The minimum Gasteiger partial charge on any atom is -0.444 e. The third-order valence-electron chi connectivity index (χ3n) is 2.47. The largest absolute Gasteiger partial charge is 0.444 e. The number of ether oxygens (including phenoxy) is 1. The summed E-state index contributed by atoms with van der Waals surface area (Å²) in [6.45, 7) is 5.70. The van der Waals surface area contributed by atoms with Gasteiger partial charge in [0, 0.05) is 32.5 Å². The zero-order valence-electron chi connectivity index (χ0n) is 11.9. The Labute approximate surface area is 113 Å². The first-order valence-corrected chi connectivity index (χ1v) is 6.22. The van der Waals surface area contributed by atoms with Gasteiger partial charge in [0.25, 0.3) is 0 Å². The van der Waals surface area contributed by atoms with Gasteiger partial charge in [0.15, 0.2) is 0 Å². The molecule has 1 heterocycles. The van der Waals surface area contributed by atoms with Crippen molar-refractivity contribution in [1.29, 1.82) is 0 Å². The van der Waals surface area contributed by atoms with Gasteiger partial charge >= 0.3 is 6.09 Å². The summed E-state index contributed by atoms with van der Waals surface area (Å²) in [4.78, 5) is 15.6. The smallest absolute Gasteiger partial charge is 0.407 e. The molecular formula is C12H22N4O3. The van der Waals surface area contributed by atoms with Gasteiger partial charge in [-0.1, -0.05) is 0 Å². The van der Waals surface area contributed by atoms with E-state index < -0.39 is 11.7 Å². The molecule has 1 amide bonds. The van der Waals surface area contributed by atoms with Gasteiger partial charge in [0.1, 0.15) is 17.8 Å². The molecular weight excluding hydrogens is 248 g/mol. The van der Waals surface area contributed by atoms with E-state index in [1.165, 1.54) is 6.33 Å². The first-order chi connectivity index (χ1) is 8.81. The second-order valence-electron chi connectivity index (χ2n) is 5.44. The number of nitrogens with one attached hydrogen (secondary N) is 1. The number of aryl methyl sites for hydroxylation is 1. The highest BCUT2D eigenvalue weighted by atomic mass is 16.6. The van der Waals surface area contributed by atoms with Gasteiger partial charge in [0.2, 0.25) is 0 Å². The van der Waals surface area contributed by atoms with Gasteiger partial charge in [-0.3, -0.25) is 4.68 Å². The Hall–Kier alpha value is -1.63. The van der Waals surface area contributed by atoms with Crippen molar-refractivity contribution in [2.45, 2.75) is 32.8 Å². The van der Waals surface area contributed by atoms with Crippen LogP contribution in [0.4, 0.5) is 4.79 Å². The first kappa shape index (κ1) is 15.4. The molecule has 1 rings (SSSR count). The normalized spacial score (nSPS) is 13.1. The molecule has 7 heteroatoms. The number of rotatable bonds is 5. The number of nitrogens with zero attached hydrogens (tertiary/aromatic N) is 3. The fourth-order valence-electron chi connectivity index (χ4n) is 1.51. The number of hydrogen-bond donors (Lipinski definition) is 2. The van der Waals surface area contributed by atoms with Crippen molar-refractivity contribution < 1.29 is 14.6 Å². The van der Waals surface area contributed by atoms with Crippen LogP contribution < -0.4 is 5.32 Å². The second kappa shape index (κ2) is 6.51. The van der Waals surface area contributed by atoms with Crippen LogP contribution >= 0.6 is 0 Å². The Morgan fingerprint density at radius 2 is 2.26 bits per heavy atom. The Kier molecular flexibility index (Phi) is 5.29. The predicted octanol–water partition coefficient (Wildman–Crippen LogP) is 0.491. The zero-order chi connectivity index (χ0) is 14.5. The molecule has 0 spiro atoms. The predicted molar refractivity (Wildman–Crippen MR) is 69.5 cm³/mol. The summed E-state index contributed by atoms with van der Waals surface area (Å²) in [6, 6.07) is 0. The molecule has 0 aromatic carbocycles. The molecule has 0 saturated carbocycles. The number of aliphatic hydroxyl groups is 1. The van der Waals surface area contributed by atoms with Crippen molar-refractivity contribution in [2.24, 2.45) is 13.0 Å². The molecule has 1 aromatic heterocycles. The number of aromatic nitrogens is 3. The van der Waals surface area contributed by atoms with E-state index >= 15 is 0 Å². The Morgan fingerprint density at radius 1 is 1.58 bits per heavy atom. The van der Waals surface area contributed by atoms with E-state index in [4.69, 9.17) is 4.74 Å². The third kappa shape index (κ3) is 5.69. The quantitative estimate of drug-likeness (QED) is 0.813.